The molecule has 0 bridgehead atoms. The number of nitrogens with one attached hydrogen (secondary N) is 1. The summed E-state index contributed by atoms with van der Waals surface area (Å²) in [6.07, 6.45) is 0. The van der Waals surface area contributed by atoms with Gasteiger partial charge in [-0.05, 0) is 19.4 Å². The van der Waals surface area contributed by atoms with E-state index in [-0.39, 0.29) is 5.91 Å². The van der Waals surface area contributed by atoms with Crippen molar-refractivity contribution in [3.8, 4) is 0 Å². The molecule has 1 N–H and O–H groups in total. The van der Waals surface area contributed by atoms with Crippen LogP contribution in [-0.4, -0.2) is 21.3 Å². The number of rotatable bonds is 5. The highest BCUT2D eigenvalue weighted by molar-refractivity contribution is 8.01. The molecule has 8 heteroatoms. The number of hydrogen-bond acceptors (Lipinski definition) is 7. The van der Waals surface area contributed by atoms with E-state index < -0.39 is 5.25 Å². The summed E-state index contributed by atoms with van der Waals surface area (Å²) in [5, 5.41) is 15.1. The summed E-state index contributed by atoms with van der Waals surface area (Å²) in [4.78, 5) is 12.7. The molecule has 0 spiro atoms. The normalized spacial score (nSPS) is 12.1. The van der Waals surface area contributed by atoms with Crippen LogP contribution >= 0.6 is 23.1 Å². The van der Waals surface area contributed by atoms with Gasteiger partial charge < -0.3 is 9.84 Å². The van der Waals surface area contributed by atoms with Crippen LogP contribution in [0.15, 0.2) is 45.3 Å². The molecule has 118 valence electrons. The van der Waals surface area contributed by atoms with Gasteiger partial charge in [-0.3, -0.25) is 4.79 Å². The predicted octanol–water partition coefficient (Wildman–Crippen LogP) is 3.62. The molecule has 0 radical (unpaired) electrons. The second kappa shape index (κ2) is 6.93. The zero-order valence-corrected chi connectivity index (χ0v) is 14.1. The highest BCUT2D eigenvalue weighted by Crippen LogP contribution is 2.37. The number of aromatic nitrogens is 3. The fraction of sp³-hybridized carbons (Fsp3) is 0.200. The van der Waals surface area contributed by atoms with Crippen LogP contribution < -0.4 is 5.32 Å². The van der Waals surface area contributed by atoms with Gasteiger partial charge in [-0.25, -0.2) is 0 Å². The Morgan fingerprint density at radius 2 is 2.04 bits per heavy atom. The number of benzene rings is 1. The van der Waals surface area contributed by atoms with Crippen molar-refractivity contribution in [2.45, 2.75) is 23.4 Å². The van der Waals surface area contributed by atoms with E-state index in [4.69, 9.17) is 4.52 Å². The molecule has 6 nitrogen and oxygen atoms in total. The second-order valence-corrected chi connectivity index (χ2v) is 7.34. The molecule has 1 aromatic carbocycles. The van der Waals surface area contributed by atoms with Crippen LogP contribution in [0.25, 0.3) is 0 Å². The lowest BCUT2D eigenvalue weighted by Gasteiger charge is -2.14. The zero-order valence-electron chi connectivity index (χ0n) is 12.5. The monoisotopic (exact) mass is 346 g/mol. The Morgan fingerprint density at radius 3 is 2.65 bits per heavy atom. The quantitative estimate of drug-likeness (QED) is 0.711. The summed E-state index contributed by atoms with van der Waals surface area (Å²) in [6.45, 7) is 3.66. The highest BCUT2D eigenvalue weighted by Gasteiger charge is 2.24. The minimum absolute atomic E-state index is 0.178. The molecule has 0 saturated heterocycles. The molecule has 0 fully saturated rings. The Labute approximate surface area is 141 Å². The number of nitrogens with zero attached hydrogens (tertiary/aromatic N) is 3. The molecular weight excluding hydrogens is 332 g/mol. The minimum Gasteiger partial charge on any atom is -0.360 e. The maximum absolute atomic E-state index is 12.7. The first-order valence-electron chi connectivity index (χ1n) is 6.88. The van der Waals surface area contributed by atoms with Gasteiger partial charge in [0.1, 0.15) is 16.0 Å². The van der Waals surface area contributed by atoms with E-state index >= 15 is 0 Å². The predicted molar refractivity (Wildman–Crippen MR) is 89.6 cm³/mol. The largest absolute Gasteiger partial charge is 0.360 e. The number of carbonyl (C=O) groups is 1. The third-order valence-electron chi connectivity index (χ3n) is 2.95. The molecule has 1 unspecified atom stereocenters. The van der Waals surface area contributed by atoms with Crippen LogP contribution in [0, 0.1) is 13.8 Å². The topological polar surface area (TPSA) is 80.9 Å². The summed E-state index contributed by atoms with van der Waals surface area (Å²) in [7, 11) is 0. The summed E-state index contributed by atoms with van der Waals surface area (Å²) in [5.41, 5.74) is 0.892. The summed E-state index contributed by atoms with van der Waals surface area (Å²) >= 11 is 2.84. The number of anilines is 1. The number of aryl methyl sites for hydroxylation is 2. The summed E-state index contributed by atoms with van der Waals surface area (Å²) in [5.74, 6) is 0.869. The van der Waals surface area contributed by atoms with Gasteiger partial charge in [-0.15, -0.1) is 10.2 Å². The molecule has 2 heterocycles. The molecule has 2 aromatic heterocycles. The summed E-state index contributed by atoms with van der Waals surface area (Å²) < 4.78 is 5.73. The van der Waals surface area contributed by atoms with Crippen molar-refractivity contribution in [2.24, 2.45) is 0 Å². The van der Waals surface area contributed by atoms with Crippen molar-refractivity contribution in [1.29, 1.82) is 0 Å². The van der Waals surface area contributed by atoms with Crippen molar-refractivity contribution in [3.05, 3.63) is 52.7 Å². The van der Waals surface area contributed by atoms with Crippen LogP contribution in [0.5, 0.6) is 0 Å². The van der Waals surface area contributed by atoms with Gasteiger partial charge in [0.15, 0.2) is 10.2 Å². The first-order chi connectivity index (χ1) is 11.1. The zero-order chi connectivity index (χ0) is 16.2. The molecule has 0 aliphatic heterocycles. The number of hydrogen-bond donors (Lipinski definition) is 1. The van der Waals surface area contributed by atoms with Crippen LogP contribution in [0.4, 0.5) is 5.82 Å². The van der Waals surface area contributed by atoms with Crippen molar-refractivity contribution in [2.75, 3.05) is 5.32 Å². The highest BCUT2D eigenvalue weighted by atomic mass is 32.2. The van der Waals surface area contributed by atoms with Crippen LogP contribution in [0.3, 0.4) is 0 Å². The lowest BCUT2D eigenvalue weighted by Crippen LogP contribution is -2.19. The molecule has 0 aliphatic carbocycles. The van der Waals surface area contributed by atoms with Crippen LogP contribution in [0.1, 0.15) is 21.6 Å². The van der Waals surface area contributed by atoms with Gasteiger partial charge in [0.05, 0.1) is 0 Å². The average Bonchev–Trinajstić information content (AvgIpc) is 3.14. The Balaban J connectivity index is 1.83. The third kappa shape index (κ3) is 3.96. The van der Waals surface area contributed by atoms with E-state index in [0.717, 1.165) is 14.9 Å². The maximum atomic E-state index is 12.7. The standard InChI is InChI=1S/C15H14N4O2S2/c1-9-8-12(19-21-9)16-14(20)13(11-6-4-3-5-7-11)23-15-18-17-10(2)22-15/h3-8,13H,1-2H3,(H,16,19,20). The van der Waals surface area contributed by atoms with E-state index in [1.54, 1.807) is 13.0 Å². The van der Waals surface area contributed by atoms with E-state index in [0.29, 0.717) is 11.6 Å². The first-order valence-corrected chi connectivity index (χ1v) is 8.57. The maximum Gasteiger partial charge on any atom is 0.243 e. The Kier molecular flexibility index (Phi) is 4.73. The first kappa shape index (κ1) is 15.7. The Bertz CT molecular complexity index is 801. The van der Waals surface area contributed by atoms with Crippen LogP contribution in [0.2, 0.25) is 0 Å². The van der Waals surface area contributed by atoms with Crippen molar-refractivity contribution >= 4 is 34.8 Å². The van der Waals surface area contributed by atoms with Crippen molar-refractivity contribution < 1.29 is 9.32 Å². The van der Waals surface area contributed by atoms with Crippen molar-refractivity contribution in [3.63, 3.8) is 0 Å². The Morgan fingerprint density at radius 1 is 1.26 bits per heavy atom. The molecule has 3 aromatic rings. The molecule has 0 aliphatic rings. The molecule has 1 atom stereocenters. The average molecular weight is 346 g/mol. The van der Waals surface area contributed by atoms with Gasteiger partial charge in [0.2, 0.25) is 5.91 Å². The second-order valence-electron chi connectivity index (χ2n) is 4.81. The Hall–Kier alpha value is -2.19. The van der Waals surface area contributed by atoms with Gasteiger partial charge in [-0.1, -0.05) is 58.6 Å². The molecule has 1 amide bonds. The van der Waals surface area contributed by atoms with Gasteiger partial charge >= 0.3 is 0 Å². The molecule has 3 rings (SSSR count). The number of carbonyl (C=O) groups excluding carboxylic acids is 1. The van der Waals surface area contributed by atoms with E-state index in [2.05, 4.69) is 20.7 Å². The SMILES string of the molecule is Cc1cc(NC(=O)C(Sc2nnc(C)s2)c2ccccc2)no1. The molecular formula is C15H14N4O2S2. The number of thioether (sulfide) groups is 1. The molecule has 0 saturated carbocycles. The number of amides is 1. The fourth-order valence-electron chi connectivity index (χ4n) is 1.94. The summed E-state index contributed by atoms with van der Waals surface area (Å²) in [6, 6.07) is 11.2. The van der Waals surface area contributed by atoms with Crippen LogP contribution in [-0.2, 0) is 4.79 Å². The smallest absolute Gasteiger partial charge is 0.243 e. The fourth-order valence-corrected chi connectivity index (χ4v) is 3.95. The lowest BCUT2D eigenvalue weighted by atomic mass is 10.1. The lowest BCUT2D eigenvalue weighted by molar-refractivity contribution is -0.115. The third-order valence-corrected chi connectivity index (χ3v) is 5.12. The minimum atomic E-state index is -0.444. The molecule has 23 heavy (non-hydrogen) atoms. The van der Waals surface area contributed by atoms with E-state index in [1.807, 2.05) is 37.3 Å². The van der Waals surface area contributed by atoms with Gasteiger partial charge in [0.25, 0.3) is 0 Å². The van der Waals surface area contributed by atoms with Gasteiger partial charge in [-0.2, -0.15) is 0 Å². The van der Waals surface area contributed by atoms with Gasteiger partial charge in [0, 0.05) is 6.07 Å². The van der Waals surface area contributed by atoms with Crippen molar-refractivity contribution in [1.82, 2.24) is 15.4 Å². The van der Waals surface area contributed by atoms with E-state index in [1.165, 1.54) is 23.1 Å². The van der Waals surface area contributed by atoms with E-state index in [9.17, 15) is 4.79 Å².